The Labute approximate surface area is 107 Å². The van der Waals surface area contributed by atoms with Gasteiger partial charge in [0.1, 0.15) is 12.6 Å². The lowest BCUT2D eigenvalue weighted by Crippen LogP contribution is -2.66. The second-order valence-electron chi connectivity index (χ2n) is 5.82. The minimum atomic E-state index is -0.281. The smallest absolute Gasteiger partial charge is 0.246 e. The van der Waals surface area contributed by atoms with E-state index in [-0.39, 0.29) is 29.9 Å². The van der Waals surface area contributed by atoms with Gasteiger partial charge in [-0.15, -0.1) is 0 Å². The quantitative estimate of drug-likeness (QED) is 0.678. The van der Waals surface area contributed by atoms with Crippen molar-refractivity contribution in [1.29, 1.82) is 0 Å². The fourth-order valence-electron chi connectivity index (χ4n) is 3.30. The summed E-state index contributed by atoms with van der Waals surface area (Å²) < 4.78 is 5.41. The Kier molecular flexibility index (Phi) is 2.81. The number of amides is 2. The van der Waals surface area contributed by atoms with E-state index >= 15 is 0 Å². The molecule has 3 aliphatic heterocycles. The van der Waals surface area contributed by atoms with Crippen molar-refractivity contribution in [2.75, 3.05) is 26.3 Å². The predicted octanol–water partition coefficient (Wildman–Crippen LogP) is 0.389. The minimum absolute atomic E-state index is 0.104. The first-order valence-corrected chi connectivity index (χ1v) is 6.80. The molecule has 2 unspecified atom stereocenters. The summed E-state index contributed by atoms with van der Waals surface area (Å²) in [4.78, 5) is 28.3. The van der Waals surface area contributed by atoms with Crippen LogP contribution in [-0.2, 0) is 14.3 Å². The molecule has 2 amide bonds. The van der Waals surface area contributed by atoms with Crippen LogP contribution in [0, 0.1) is 0 Å². The van der Waals surface area contributed by atoms with Crippen LogP contribution in [0.15, 0.2) is 0 Å². The lowest BCUT2D eigenvalue weighted by atomic mass is 9.92. The minimum Gasteiger partial charge on any atom is -0.379 e. The fraction of sp³-hybridized carbons (Fsp3) is 0.846. The van der Waals surface area contributed by atoms with Crippen molar-refractivity contribution in [3.8, 4) is 0 Å². The van der Waals surface area contributed by atoms with Crippen LogP contribution in [0.4, 0.5) is 0 Å². The topological polar surface area (TPSA) is 49.9 Å². The maximum atomic E-state index is 12.6. The van der Waals surface area contributed by atoms with E-state index in [4.69, 9.17) is 4.74 Å². The first-order valence-electron chi connectivity index (χ1n) is 6.80. The molecule has 5 heteroatoms. The van der Waals surface area contributed by atoms with Crippen molar-refractivity contribution < 1.29 is 14.3 Å². The second-order valence-corrected chi connectivity index (χ2v) is 5.82. The molecule has 0 N–H and O–H groups in total. The first kappa shape index (κ1) is 12.0. The number of hydrogen-bond acceptors (Lipinski definition) is 3. The highest BCUT2D eigenvalue weighted by Crippen LogP contribution is 2.31. The molecule has 5 nitrogen and oxygen atoms in total. The van der Waals surface area contributed by atoms with Crippen LogP contribution in [-0.4, -0.2) is 59.5 Å². The van der Waals surface area contributed by atoms with Crippen LogP contribution >= 0.6 is 0 Å². The largest absolute Gasteiger partial charge is 0.379 e. The molecule has 0 aromatic heterocycles. The highest BCUT2D eigenvalue weighted by Gasteiger charge is 2.48. The van der Waals surface area contributed by atoms with Crippen molar-refractivity contribution in [2.24, 2.45) is 0 Å². The van der Waals surface area contributed by atoms with Gasteiger partial charge in [0.15, 0.2) is 0 Å². The average molecular weight is 252 g/mol. The Bertz CT molecular complexity index is 376. The molecule has 2 atom stereocenters. The zero-order valence-electron chi connectivity index (χ0n) is 10.9. The molecule has 100 valence electrons. The number of piperazine rings is 1. The number of hydrogen-bond donors (Lipinski definition) is 0. The fourth-order valence-corrected chi connectivity index (χ4v) is 3.30. The summed E-state index contributed by atoms with van der Waals surface area (Å²) in [6, 6.07) is -0.211. The number of ether oxygens (including phenoxy) is 1. The SMILES string of the molecule is CC1(N2CC(=O)N3CCCCC3C2=O)CCOC1. The summed E-state index contributed by atoms with van der Waals surface area (Å²) in [5.41, 5.74) is -0.281. The third kappa shape index (κ3) is 1.72. The van der Waals surface area contributed by atoms with Crippen LogP contribution < -0.4 is 0 Å². The predicted molar refractivity (Wildman–Crippen MR) is 64.9 cm³/mol. The van der Waals surface area contributed by atoms with E-state index < -0.39 is 0 Å². The van der Waals surface area contributed by atoms with Crippen molar-refractivity contribution in [3.05, 3.63) is 0 Å². The molecule has 3 heterocycles. The molecule has 3 aliphatic rings. The van der Waals surface area contributed by atoms with Gasteiger partial charge < -0.3 is 14.5 Å². The van der Waals surface area contributed by atoms with Gasteiger partial charge >= 0.3 is 0 Å². The van der Waals surface area contributed by atoms with Gasteiger partial charge in [0.25, 0.3) is 0 Å². The Morgan fingerprint density at radius 1 is 1.33 bits per heavy atom. The second kappa shape index (κ2) is 4.23. The van der Waals surface area contributed by atoms with Gasteiger partial charge in [0.2, 0.25) is 11.8 Å². The van der Waals surface area contributed by atoms with Crippen molar-refractivity contribution in [3.63, 3.8) is 0 Å². The number of nitrogens with zero attached hydrogens (tertiary/aromatic N) is 2. The van der Waals surface area contributed by atoms with E-state index in [1.165, 1.54) is 0 Å². The van der Waals surface area contributed by atoms with Gasteiger partial charge in [0, 0.05) is 13.2 Å². The maximum Gasteiger partial charge on any atom is 0.246 e. The number of carbonyl (C=O) groups excluding carboxylic acids is 2. The number of fused-ring (bicyclic) bond motifs is 1. The van der Waals surface area contributed by atoms with Crippen molar-refractivity contribution in [1.82, 2.24) is 9.80 Å². The van der Waals surface area contributed by atoms with Crippen molar-refractivity contribution in [2.45, 2.75) is 44.2 Å². The molecular formula is C13H20N2O3. The highest BCUT2D eigenvalue weighted by molar-refractivity contribution is 5.95. The molecule has 18 heavy (non-hydrogen) atoms. The molecule has 0 radical (unpaired) electrons. The molecule has 0 bridgehead atoms. The van der Waals surface area contributed by atoms with Gasteiger partial charge in [0.05, 0.1) is 12.1 Å². The van der Waals surface area contributed by atoms with E-state index in [0.717, 1.165) is 32.2 Å². The standard InChI is InChI=1S/C13H20N2O3/c1-13(5-7-18-9-13)15-8-11(16)14-6-3-2-4-10(14)12(15)17/h10H,2-9H2,1H3. The first-order chi connectivity index (χ1) is 8.62. The van der Waals surface area contributed by atoms with Gasteiger partial charge in [-0.1, -0.05) is 0 Å². The number of rotatable bonds is 1. The molecular weight excluding hydrogens is 232 g/mol. The number of carbonyl (C=O) groups is 2. The summed E-state index contributed by atoms with van der Waals surface area (Å²) in [6.45, 7) is 4.25. The van der Waals surface area contributed by atoms with Gasteiger partial charge in [-0.05, 0) is 32.6 Å². The van der Waals surface area contributed by atoms with Gasteiger partial charge in [-0.2, -0.15) is 0 Å². The Morgan fingerprint density at radius 3 is 2.89 bits per heavy atom. The van der Waals surface area contributed by atoms with E-state index in [0.29, 0.717) is 13.2 Å². The zero-order chi connectivity index (χ0) is 12.8. The average Bonchev–Trinajstić information content (AvgIpc) is 2.82. The molecule has 3 saturated heterocycles. The monoisotopic (exact) mass is 252 g/mol. The Balaban J connectivity index is 1.84. The summed E-state index contributed by atoms with van der Waals surface area (Å²) in [7, 11) is 0. The molecule has 0 aromatic rings. The molecule has 3 fully saturated rings. The Hall–Kier alpha value is -1.10. The van der Waals surface area contributed by atoms with E-state index in [1.807, 2.05) is 6.92 Å². The van der Waals surface area contributed by atoms with Gasteiger partial charge in [-0.3, -0.25) is 9.59 Å². The van der Waals surface area contributed by atoms with Crippen LogP contribution in [0.2, 0.25) is 0 Å². The lowest BCUT2D eigenvalue weighted by Gasteiger charge is -2.47. The van der Waals surface area contributed by atoms with Gasteiger partial charge in [-0.25, -0.2) is 0 Å². The molecule has 0 aromatic carbocycles. The summed E-state index contributed by atoms with van der Waals surface area (Å²) in [5, 5.41) is 0. The molecule has 0 saturated carbocycles. The van der Waals surface area contributed by atoms with E-state index in [1.54, 1.807) is 9.80 Å². The van der Waals surface area contributed by atoms with Crippen LogP contribution in [0.1, 0.15) is 32.6 Å². The molecule has 0 spiro atoms. The molecule has 3 rings (SSSR count). The van der Waals surface area contributed by atoms with Crippen LogP contribution in [0.5, 0.6) is 0 Å². The summed E-state index contributed by atoms with van der Waals surface area (Å²) in [5.74, 6) is 0.231. The maximum absolute atomic E-state index is 12.6. The Morgan fingerprint density at radius 2 is 2.17 bits per heavy atom. The molecule has 0 aliphatic carbocycles. The highest BCUT2D eigenvalue weighted by atomic mass is 16.5. The van der Waals surface area contributed by atoms with Crippen LogP contribution in [0.3, 0.4) is 0 Å². The van der Waals surface area contributed by atoms with Crippen LogP contribution in [0.25, 0.3) is 0 Å². The van der Waals surface area contributed by atoms with Crippen molar-refractivity contribution >= 4 is 11.8 Å². The number of piperidine rings is 1. The summed E-state index contributed by atoms with van der Waals surface area (Å²) in [6.07, 6.45) is 3.72. The lowest BCUT2D eigenvalue weighted by molar-refractivity contribution is -0.163. The zero-order valence-corrected chi connectivity index (χ0v) is 10.9. The van der Waals surface area contributed by atoms with E-state index in [9.17, 15) is 9.59 Å². The normalized spacial score (nSPS) is 37.1. The van der Waals surface area contributed by atoms with E-state index in [2.05, 4.69) is 0 Å². The third-order valence-electron chi connectivity index (χ3n) is 4.52. The summed E-state index contributed by atoms with van der Waals surface area (Å²) >= 11 is 0. The third-order valence-corrected chi connectivity index (χ3v) is 4.52.